The monoisotopic (exact) mass is 263 g/mol. The maximum Gasteiger partial charge on any atom is 0.279 e. The summed E-state index contributed by atoms with van der Waals surface area (Å²) >= 11 is 0. The lowest BCUT2D eigenvalue weighted by molar-refractivity contribution is 0.220. The van der Waals surface area contributed by atoms with Crippen LogP contribution < -0.4 is 10.5 Å². The normalized spacial score (nSPS) is 29.2. The fourth-order valence-electron chi connectivity index (χ4n) is 2.31. The lowest BCUT2D eigenvalue weighted by Crippen LogP contribution is -2.48. The number of nitrogens with two attached hydrogens (primary N) is 1. The van der Waals surface area contributed by atoms with Gasteiger partial charge in [-0.3, -0.25) is 0 Å². The molecule has 0 aliphatic carbocycles. The van der Waals surface area contributed by atoms with Crippen LogP contribution in [0.2, 0.25) is 0 Å². The Bertz CT molecular complexity index is 320. The molecule has 5 nitrogen and oxygen atoms in total. The van der Waals surface area contributed by atoms with Crippen LogP contribution in [0.25, 0.3) is 0 Å². The third-order valence-corrected chi connectivity index (χ3v) is 4.61. The Morgan fingerprint density at radius 3 is 2.35 bits per heavy atom. The Kier molecular flexibility index (Phi) is 5.37. The maximum absolute atomic E-state index is 12.0. The molecule has 0 aromatic rings. The van der Waals surface area contributed by atoms with E-state index in [0.29, 0.717) is 37.9 Å². The molecule has 3 atom stereocenters. The van der Waals surface area contributed by atoms with E-state index in [1.54, 1.807) is 4.31 Å². The minimum absolute atomic E-state index is 0.0249. The van der Waals surface area contributed by atoms with Gasteiger partial charge in [0.1, 0.15) is 0 Å². The molecule has 1 fully saturated rings. The van der Waals surface area contributed by atoms with Crippen molar-refractivity contribution < 1.29 is 8.42 Å². The highest BCUT2D eigenvalue weighted by atomic mass is 32.2. The van der Waals surface area contributed by atoms with Gasteiger partial charge in [-0.05, 0) is 31.6 Å². The number of nitrogens with zero attached hydrogens (tertiary/aromatic N) is 1. The molecule has 0 radical (unpaired) electrons. The van der Waals surface area contributed by atoms with E-state index >= 15 is 0 Å². The number of piperidine rings is 1. The van der Waals surface area contributed by atoms with Crippen molar-refractivity contribution in [1.29, 1.82) is 0 Å². The van der Waals surface area contributed by atoms with Crippen LogP contribution in [-0.4, -0.2) is 38.4 Å². The van der Waals surface area contributed by atoms with Gasteiger partial charge in [-0.25, -0.2) is 4.72 Å². The zero-order chi connectivity index (χ0) is 13.1. The summed E-state index contributed by atoms with van der Waals surface area (Å²) in [5.74, 6) is 0.868. The van der Waals surface area contributed by atoms with Gasteiger partial charge in [-0.1, -0.05) is 13.8 Å². The van der Waals surface area contributed by atoms with E-state index in [1.807, 2.05) is 6.92 Å². The summed E-state index contributed by atoms with van der Waals surface area (Å²) in [4.78, 5) is 0. The standard InChI is InChI=1S/C11H25N3O2S/c1-9-6-10(2)8-14(7-9)17(15,16)13-5-4-11(3)12/h9-11,13H,4-8,12H2,1-3H3/t9-,10+,11-/m1/s1. The molecule has 3 N–H and O–H groups in total. The second kappa shape index (κ2) is 6.13. The molecule has 1 saturated heterocycles. The summed E-state index contributed by atoms with van der Waals surface area (Å²) in [6.45, 7) is 7.73. The highest BCUT2D eigenvalue weighted by Crippen LogP contribution is 2.22. The van der Waals surface area contributed by atoms with Crippen molar-refractivity contribution in [2.75, 3.05) is 19.6 Å². The fraction of sp³-hybridized carbons (Fsp3) is 1.00. The van der Waals surface area contributed by atoms with E-state index in [1.165, 1.54) is 0 Å². The average Bonchev–Trinajstić information content (AvgIpc) is 2.14. The zero-order valence-electron chi connectivity index (χ0n) is 11.0. The Hall–Kier alpha value is -0.170. The fourth-order valence-corrected chi connectivity index (χ4v) is 3.77. The van der Waals surface area contributed by atoms with Gasteiger partial charge in [0.2, 0.25) is 0 Å². The molecule has 1 aliphatic rings. The van der Waals surface area contributed by atoms with Gasteiger partial charge in [0.25, 0.3) is 10.2 Å². The first kappa shape index (κ1) is 14.9. The van der Waals surface area contributed by atoms with Gasteiger partial charge in [-0.2, -0.15) is 12.7 Å². The van der Waals surface area contributed by atoms with Crippen LogP contribution in [0.4, 0.5) is 0 Å². The van der Waals surface area contributed by atoms with Crippen molar-refractivity contribution in [3.05, 3.63) is 0 Å². The first-order valence-electron chi connectivity index (χ1n) is 6.31. The molecule has 0 unspecified atom stereocenters. The van der Waals surface area contributed by atoms with Gasteiger partial charge >= 0.3 is 0 Å². The van der Waals surface area contributed by atoms with Crippen LogP contribution >= 0.6 is 0 Å². The Labute approximate surface area is 105 Å². The third-order valence-electron chi connectivity index (χ3n) is 3.06. The van der Waals surface area contributed by atoms with Crippen molar-refractivity contribution in [3.8, 4) is 0 Å². The molecule has 6 heteroatoms. The summed E-state index contributed by atoms with van der Waals surface area (Å²) in [7, 11) is -3.32. The summed E-state index contributed by atoms with van der Waals surface area (Å²) in [5.41, 5.74) is 5.60. The molecule has 1 heterocycles. The Morgan fingerprint density at radius 1 is 1.35 bits per heavy atom. The molecule has 17 heavy (non-hydrogen) atoms. The van der Waals surface area contributed by atoms with Crippen LogP contribution in [0.15, 0.2) is 0 Å². The number of nitrogens with one attached hydrogen (secondary N) is 1. The Morgan fingerprint density at radius 2 is 1.88 bits per heavy atom. The number of rotatable bonds is 5. The van der Waals surface area contributed by atoms with E-state index < -0.39 is 10.2 Å². The third kappa shape index (κ3) is 4.91. The highest BCUT2D eigenvalue weighted by Gasteiger charge is 2.29. The smallest absolute Gasteiger partial charge is 0.279 e. The molecule has 1 aliphatic heterocycles. The molecule has 0 amide bonds. The largest absolute Gasteiger partial charge is 0.328 e. The van der Waals surface area contributed by atoms with Gasteiger partial charge in [0.15, 0.2) is 0 Å². The molecule has 102 valence electrons. The van der Waals surface area contributed by atoms with Crippen LogP contribution in [0.3, 0.4) is 0 Å². The lowest BCUT2D eigenvalue weighted by atomic mass is 9.94. The Balaban J connectivity index is 2.51. The second-order valence-corrected chi connectivity index (χ2v) is 7.18. The molecule has 0 aromatic carbocycles. The van der Waals surface area contributed by atoms with Gasteiger partial charge in [-0.15, -0.1) is 0 Å². The van der Waals surface area contributed by atoms with E-state index in [9.17, 15) is 8.42 Å². The minimum atomic E-state index is -3.32. The predicted octanol–water partition coefficient (Wildman–Crippen LogP) is 0.536. The van der Waals surface area contributed by atoms with Crippen LogP contribution in [0, 0.1) is 11.8 Å². The molecular formula is C11H25N3O2S. The SMILES string of the molecule is C[C@@H]1C[C@H](C)CN(S(=O)(=O)NCC[C@@H](C)N)C1. The molecular weight excluding hydrogens is 238 g/mol. The summed E-state index contributed by atoms with van der Waals surface area (Å²) in [6, 6.07) is 0.0249. The first-order valence-corrected chi connectivity index (χ1v) is 7.75. The van der Waals surface area contributed by atoms with Crippen molar-refractivity contribution in [2.24, 2.45) is 17.6 Å². The van der Waals surface area contributed by atoms with Crippen molar-refractivity contribution in [3.63, 3.8) is 0 Å². The van der Waals surface area contributed by atoms with Crippen molar-refractivity contribution in [1.82, 2.24) is 9.03 Å². The van der Waals surface area contributed by atoms with E-state index in [0.717, 1.165) is 6.42 Å². The highest BCUT2D eigenvalue weighted by molar-refractivity contribution is 7.87. The molecule has 1 rings (SSSR count). The van der Waals surface area contributed by atoms with E-state index in [2.05, 4.69) is 18.6 Å². The van der Waals surface area contributed by atoms with Gasteiger partial charge < -0.3 is 5.73 Å². The predicted molar refractivity (Wildman–Crippen MR) is 69.7 cm³/mol. The van der Waals surface area contributed by atoms with Crippen molar-refractivity contribution >= 4 is 10.2 Å². The molecule has 0 spiro atoms. The van der Waals surface area contributed by atoms with Gasteiger partial charge in [0, 0.05) is 25.7 Å². The van der Waals surface area contributed by atoms with E-state index in [4.69, 9.17) is 5.73 Å². The average molecular weight is 263 g/mol. The van der Waals surface area contributed by atoms with E-state index in [-0.39, 0.29) is 6.04 Å². The van der Waals surface area contributed by atoms with Gasteiger partial charge in [0.05, 0.1) is 0 Å². The molecule has 0 aromatic heterocycles. The quantitative estimate of drug-likeness (QED) is 0.760. The minimum Gasteiger partial charge on any atom is -0.328 e. The first-order chi connectivity index (χ1) is 7.81. The number of hydrogen-bond donors (Lipinski definition) is 2. The van der Waals surface area contributed by atoms with Crippen LogP contribution in [0.1, 0.15) is 33.6 Å². The lowest BCUT2D eigenvalue weighted by Gasteiger charge is -2.34. The van der Waals surface area contributed by atoms with Crippen molar-refractivity contribution in [2.45, 2.75) is 39.7 Å². The zero-order valence-corrected chi connectivity index (χ0v) is 11.8. The molecule has 0 saturated carbocycles. The summed E-state index contributed by atoms with van der Waals surface area (Å²) in [5, 5.41) is 0. The summed E-state index contributed by atoms with van der Waals surface area (Å²) in [6.07, 6.45) is 1.77. The van der Waals surface area contributed by atoms with Crippen LogP contribution in [-0.2, 0) is 10.2 Å². The maximum atomic E-state index is 12.0. The topological polar surface area (TPSA) is 75.4 Å². The van der Waals surface area contributed by atoms with Crippen LogP contribution in [0.5, 0.6) is 0 Å². The number of hydrogen-bond acceptors (Lipinski definition) is 3. The summed E-state index contributed by atoms with van der Waals surface area (Å²) < 4.78 is 28.2. The molecule has 0 bridgehead atoms. The second-order valence-electron chi connectivity index (χ2n) is 5.43.